The third-order valence-corrected chi connectivity index (χ3v) is 3.31. The minimum atomic E-state index is -0.0837. The average molecular weight is 285 g/mol. The van der Waals surface area contributed by atoms with Crippen LogP contribution in [0.4, 0.5) is 5.82 Å². The van der Waals surface area contributed by atoms with E-state index >= 15 is 0 Å². The number of hydrogen-bond donors (Lipinski definition) is 1. The van der Waals surface area contributed by atoms with Crippen molar-refractivity contribution in [2.45, 2.75) is 26.2 Å². The maximum Gasteiger partial charge on any atom is 0.162 e. The molecule has 0 spiro atoms. The summed E-state index contributed by atoms with van der Waals surface area (Å²) >= 11 is 0. The van der Waals surface area contributed by atoms with E-state index in [-0.39, 0.29) is 5.41 Å². The molecule has 1 aromatic carbocycles. The van der Waals surface area contributed by atoms with E-state index in [0.29, 0.717) is 24.9 Å². The highest BCUT2D eigenvalue weighted by molar-refractivity contribution is 5.62. The van der Waals surface area contributed by atoms with Gasteiger partial charge in [0.2, 0.25) is 0 Å². The molecule has 0 fully saturated rings. The predicted octanol–water partition coefficient (Wildman–Crippen LogP) is 2.79. The first-order valence-corrected chi connectivity index (χ1v) is 6.98. The fourth-order valence-electron chi connectivity index (χ4n) is 2.16. The SMILES string of the molecule is CC(C)(C)c1cc(N)nc(-c2ccc3c(c2)OCCO3)n1. The number of benzene rings is 1. The predicted molar refractivity (Wildman–Crippen MR) is 81.6 cm³/mol. The van der Waals surface area contributed by atoms with Crippen LogP contribution in [-0.4, -0.2) is 23.2 Å². The van der Waals surface area contributed by atoms with Gasteiger partial charge in [-0.15, -0.1) is 0 Å². The van der Waals surface area contributed by atoms with Crippen molar-refractivity contribution in [2.24, 2.45) is 0 Å². The molecule has 0 saturated carbocycles. The summed E-state index contributed by atoms with van der Waals surface area (Å²) in [6.45, 7) is 7.43. The molecule has 0 bridgehead atoms. The van der Waals surface area contributed by atoms with E-state index in [4.69, 9.17) is 15.2 Å². The van der Waals surface area contributed by atoms with Crippen molar-refractivity contribution in [3.63, 3.8) is 0 Å². The molecule has 5 heteroatoms. The van der Waals surface area contributed by atoms with Gasteiger partial charge in [-0.1, -0.05) is 20.8 Å². The van der Waals surface area contributed by atoms with Crippen LogP contribution in [0.1, 0.15) is 26.5 Å². The topological polar surface area (TPSA) is 70.3 Å². The highest BCUT2D eigenvalue weighted by atomic mass is 16.6. The summed E-state index contributed by atoms with van der Waals surface area (Å²) < 4.78 is 11.1. The largest absolute Gasteiger partial charge is 0.486 e. The van der Waals surface area contributed by atoms with E-state index in [1.54, 1.807) is 0 Å². The molecule has 21 heavy (non-hydrogen) atoms. The number of hydrogen-bond acceptors (Lipinski definition) is 5. The molecule has 0 aliphatic carbocycles. The lowest BCUT2D eigenvalue weighted by Gasteiger charge is -2.20. The Balaban J connectivity index is 2.06. The van der Waals surface area contributed by atoms with Gasteiger partial charge < -0.3 is 15.2 Å². The lowest BCUT2D eigenvalue weighted by Crippen LogP contribution is -2.16. The molecule has 2 heterocycles. The standard InChI is InChI=1S/C16H19N3O2/c1-16(2,3)13-9-14(17)19-15(18-13)10-4-5-11-12(8-10)21-7-6-20-11/h4-5,8-9H,6-7H2,1-3H3,(H2,17,18,19). The Labute approximate surface area is 124 Å². The van der Waals surface area contributed by atoms with Gasteiger partial charge in [0.05, 0.1) is 5.69 Å². The molecule has 1 aliphatic heterocycles. The van der Waals surface area contributed by atoms with Crippen molar-refractivity contribution in [1.29, 1.82) is 0 Å². The molecule has 0 unspecified atom stereocenters. The zero-order chi connectivity index (χ0) is 15.0. The summed E-state index contributed by atoms with van der Waals surface area (Å²) in [7, 11) is 0. The van der Waals surface area contributed by atoms with Gasteiger partial charge in [-0.25, -0.2) is 9.97 Å². The first-order chi connectivity index (χ1) is 9.93. The van der Waals surface area contributed by atoms with Crippen molar-refractivity contribution in [2.75, 3.05) is 18.9 Å². The van der Waals surface area contributed by atoms with E-state index in [1.807, 2.05) is 24.3 Å². The van der Waals surface area contributed by atoms with Crippen LogP contribution in [0.15, 0.2) is 24.3 Å². The van der Waals surface area contributed by atoms with Crippen LogP contribution >= 0.6 is 0 Å². The van der Waals surface area contributed by atoms with Crippen LogP contribution in [0, 0.1) is 0 Å². The molecule has 110 valence electrons. The summed E-state index contributed by atoms with van der Waals surface area (Å²) in [4.78, 5) is 8.97. The number of anilines is 1. The molecule has 0 radical (unpaired) electrons. The zero-order valence-electron chi connectivity index (χ0n) is 12.5. The number of fused-ring (bicyclic) bond motifs is 1. The number of nitrogens with two attached hydrogens (primary N) is 1. The Morgan fingerprint density at radius 3 is 2.43 bits per heavy atom. The third kappa shape index (κ3) is 2.77. The molecular weight excluding hydrogens is 266 g/mol. The normalized spacial score (nSPS) is 14.0. The van der Waals surface area contributed by atoms with Gasteiger partial charge in [0.1, 0.15) is 19.0 Å². The molecule has 5 nitrogen and oxygen atoms in total. The molecule has 2 aromatic rings. The molecule has 3 rings (SSSR count). The average Bonchev–Trinajstić information content (AvgIpc) is 2.45. The quantitative estimate of drug-likeness (QED) is 0.872. The minimum absolute atomic E-state index is 0.0837. The van der Waals surface area contributed by atoms with E-state index in [1.165, 1.54) is 0 Å². The lowest BCUT2D eigenvalue weighted by atomic mass is 9.92. The number of rotatable bonds is 1. The van der Waals surface area contributed by atoms with Crippen molar-refractivity contribution in [1.82, 2.24) is 9.97 Å². The van der Waals surface area contributed by atoms with E-state index < -0.39 is 0 Å². The monoisotopic (exact) mass is 285 g/mol. The van der Waals surface area contributed by atoms with Gasteiger partial charge in [-0.3, -0.25) is 0 Å². The van der Waals surface area contributed by atoms with Gasteiger partial charge in [-0.2, -0.15) is 0 Å². The minimum Gasteiger partial charge on any atom is -0.486 e. The van der Waals surface area contributed by atoms with E-state index in [9.17, 15) is 0 Å². The van der Waals surface area contributed by atoms with Crippen molar-refractivity contribution in [3.05, 3.63) is 30.0 Å². The highest BCUT2D eigenvalue weighted by Crippen LogP contribution is 2.34. The van der Waals surface area contributed by atoms with Crippen molar-refractivity contribution in [3.8, 4) is 22.9 Å². The molecule has 2 N–H and O–H groups in total. The first kappa shape index (κ1) is 13.7. The fraction of sp³-hybridized carbons (Fsp3) is 0.375. The summed E-state index contributed by atoms with van der Waals surface area (Å²) in [6.07, 6.45) is 0. The van der Waals surface area contributed by atoms with Crippen LogP contribution in [0.3, 0.4) is 0 Å². The molecule has 0 saturated heterocycles. The van der Waals surface area contributed by atoms with Gasteiger partial charge >= 0.3 is 0 Å². The Morgan fingerprint density at radius 2 is 1.71 bits per heavy atom. The first-order valence-electron chi connectivity index (χ1n) is 6.98. The van der Waals surface area contributed by atoms with Gasteiger partial charge in [0.15, 0.2) is 17.3 Å². The molecule has 0 amide bonds. The van der Waals surface area contributed by atoms with Crippen molar-refractivity contribution < 1.29 is 9.47 Å². The van der Waals surface area contributed by atoms with Crippen LogP contribution in [0.2, 0.25) is 0 Å². The number of nitrogens with zero attached hydrogens (tertiary/aromatic N) is 2. The smallest absolute Gasteiger partial charge is 0.162 e. The van der Waals surface area contributed by atoms with E-state index in [0.717, 1.165) is 22.8 Å². The van der Waals surface area contributed by atoms with E-state index in [2.05, 4.69) is 30.7 Å². The second-order valence-corrected chi connectivity index (χ2v) is 6.11. The molecule has 0 atom stereocenters. The van der Waals surface area contributed by atoms with Gasteiger partial charge in [-0.05, 0) is 18.2 Å². The maximum absolute atomic E-state index is 5.92. The van der Waals surface area contributed by atoms with Crippen molar-refractivity contribution >= 4 is 5.82 Å². The lowest BCUT2D eigenvalue weighted by molar-refractivity contribution is 0.171. The van der Waals surface area contributed by atoms with Gasteiger partial charge in [0.25, 0.3) is 0 Å². The van der Waals surface area contributed by atoms with Gasteiger partial charge in [0, 0.05) is 17.0 Å². The van der Waals surface area contributed by atoms with Crippen LogP contribution in [-0.2, 0) is 5.41 Å². The third-order valence-electron chi connectivity index (χ3n) is 3.31. The number of ether oxygens (including phenoxy) is 2. The Bertz CT molecular complexity index is 678. The maximum atomic E-state index is 5.92. The summed E-state index contributed by atoms with van der Waals surface area (Å²) in [6, 6.07) is 7.53. The Morgan fingerprint density at radius 1 is 1.00 bits per heavy atom. The number of aromatic nitrogens is 2. The molecular formula is C16H19N3O2. The Kier molecular flexibility index (Phi) is 3.20. The zero-order valence-corrected chi connectivity index (χ0v) is 12.5. The van der Waals surface area contributed by atoms with Crippen LogP contribution < -0.4 is 15.2 Å². The van der Waals surface area contributed by atoms with Crippen LogP contribution in [0.5, 0.6) is 11.5 Å². The number of nitrogen functional groups attached to an aromatic ring is 1. The Hall–Kier alpha value is -2.30. The summed E-state index contributed by atoms with van der Waals surface area (Å²) in [5.74, 6) is 2.56. The molecule has 1 aromatic heterocycles. The summed E-state index contributed by atoms with van der Waals surface area (Å²) in [5.41, 5.74) is 7.63. The molecule has 1 aliphatic rings. The van der Waals surface area contributed by atoms with Crippen LogP contribution in [0.25, 0.3) is 11.4 Å². The summed E-state index contributed by atoms with van der Waals surface area (Å²) in [5, 5.41) is 0. The highest BCUT2D eigenvalue weighted by Gasteiger charge is 2.19. The fourth-order valence-corrected chi connectivity index (χ4v) is 2.16. The second-order valence-electron chi connectivity index (χ2n) is 6.11. The second kappa shape index (κ2) is 4.91.